The van der Waals surface area contributed by atoms with Crippen molar-refractivity contribution in [3.05, 3.63) is 63.5 Å². The van der Waals surface area contributed by atoms with Gasteiger partial charge in [0.15, 0.2) is 17.1 Å². The summed E-state index contributed by atoms with van der Waals surface area (Å²) in [6.45, 7) is 5.11. The maximum Gasteiger partial charge on any atom is 0.331 e. The van der Waals surface area contributed by atoms with Gasteiger partial charge in [-0.05, 0) is 61.0 Å². The van der Waals surface area contributed by atoms with Crippen LogP contribution >= 0.6 is 15.9 Å². The van der Waals surface area contributed by atoms with Crippen molar-refractivity contribution in [3.8, 4) is 5.82 Å². The van der Waals surface area contributed by atoms with E-state index in [9.17, 15) is 9.59 Å². The maximum absolute atomic E-state index is 12.5. The summed E-state index contributed by atoms with van der Waals surface area (Å²) in [4.78, 5) is 24.3. The van der Waals surface area contributed by atoms with Gasteiger partial charge in [-0.3, -0.25) is 9.36 Å². The van der Waals surface area contributed by atoms with Crippen LogP contribution in [0.1, 0.15) is 33.3 Å². The fourth-order valence-corrected chi connectivity index (χ4v) is 3.01. The van der Waals surface area contributed by atoms with Gasteiger partial charge in [-0.1, -0.05) is 5.16 Å². The normalized spacial score (nSPS) is 11.3. The van der Waals surface area contributed by atoms with Gasteiger partial charge < -0.3 is 13.7 Å². The summed E-state index contributed by atoms with van der Waals surface area (Å²) in [6, 6.07) is 6.93. The second-order valence-corrected chi connectivity index (χ2v) is 6.70. The number of carbonyl (C=O) groups is 2. The molecule has 0 amide bonds. The Hall–Kier alpha value is -2.87. The molecule has 0 aliphatic rings. The van der Waals surface area contributed by atoms with Crippen molar-refractivity contribution in [1.82, 2.24) is 9.72 Å². The van der Waals surface area contributed by atoms with Crippen LogP contribution in [0.15, 0.2) is 44.0 Å². The van der Waals surface area contributed by atoms with Crippen molar-refractivity contribution in [1.29, 1.82) is 0 Å². The predicted octanol–water partition coefficient (Wildman–Crippen LogP) is 4.19. The molecule has 0 aliphatic heterocycles. The summed E-state index contributed by atoms with van der Waals surface area (Å²) in [5.74, 6) is 0.853. The van der Waals surface area contributed by atoms with E-state index in [-0.39, 0.29) is 12.4 Å². The molecule has 3 aromatic rings. The van der Waals surface area contributed by atoms with E-state index in [4.69, 9.17) is 13.7 Å². The highest BCUT2D eigenvalue weighted by atomic mass is 79.9. The average Bonchev–Trinajstić information content (AvgIpc) is 3.30. The number of Topliss-reactive ketones (excluding diaryl/α,β-unsaturated/α-hetero) is 1. The van der Waals surface area contributed by atoms with Crippen molar-refractivity contribution in [2.75, 3.05) is 6.61 Å². The van der Waals surface area contributed by atoms with E-state index in [1.165, 1.54) is 12.2 Å². The second kappa shape index (κ2) is 7.79. The van der Waals surface area contributed by atoms with E-state index < -0.39 is 5.97 Å². The lowest BCUT2D eigenvalue weighted by molar-refractivity contribution is -0.136. The van der Waals surface area contributed by atoms with Crippen molar-refractivity contribution in [2.45, 2.75) is 20.8 Å². The number of aryl methyl sites for hydroxylation is 2. The minimum absolute atomic E-state index is 0.294. The summed E-state index contributed by atoms with van der Waals surface area (Å²) in [5.41, 5.74) is 2.01. The summed E-state index contributed by atoms with van der Waals surface area (Å²) in [5, 5.41) is 3.98. The molecule has 0 radical (unpaired) electrons. The van der Waals surface area contributed by atoms with Gasteiger partial charge in [0, 0.05) is 29.1 Å². The first-order valence-corrected chi connectivity index (χ1v) is 8.90. The van der Waals surface area contributed by atoms with E-state index in [1.807, 2.05) is 11.5 Å². The Morgan fingerprint density at radius 2 is 2.04 bits per heavy atom. The first-order valence-electron chi connectivity index (χ1n) is 8.11. The third-order valence-electron chi connectivity index (χ3n) is 3.90. The molecule has 0 unspecified atom stereocenters. The van der Waals surface area contributed by atoms with Crippen LogP contribution in [0.4, 0.5) is 0 Å². The third-order valence-corrected chi connectivity index (χ3v) is 4.33. The lowest BCUT2D eigenvalue weighted by Gasteiger charge is -2.05. The molecule has 140 valence electrons. The van der Waals surface area contributed by atoms with Crippen molar-refractivity contribution in [3.63, 3.8) is 0 Å². The largest absolute Gasteiger partial charge is 0.454 e. The number of nitrogens with zero attached hydrogens (tertiary/aromatic N) is 2. The minimum atomic E-state index is -0.628. The highest BCUT2D eigenvalue weighted by Gasteiger charge is 2.19. The van der Waals surface area contributed by atoms with E-state index in [2.05, 4.69) is 21.1 Å². The smallest absolute Gasteiger partial charge is 0.331 e. The first-order chi connectivity index (χ1) is 12.8. The van der Waals surface area contributed by atoms with Gasteiger partial charge in [0.1, 0.15) is 11.5 Å². The molecule has 3 aromatic heterocycles. The van der Waals surface area contributed by atoms with Gasteiger partial charge in [-0.15, -0.1) is 0 Å². The first kappa shape index (κ1) is 18.9. The number of rotatable bonds is 6. The number of aromatic nitrogens is 2. The average molecular weight is 433 g/mol. The number of ketones is 1. The molecule has 0 bridgehead atoms. The fourth-order valence-electron chi connectivity index (χ4n) is 2.69. The van der Waals surface area contributed by atoms with Crippen molar-refractivity contribution < 1.29 is 23.3 Å². The fraction of sp³-hybridized carbons (Fsp3) is 0.211. The lowest BCUT2D eigenvalue weighted by Crippen LogP contribution is -2.13. The monoisotopic (exact) mass is 432 g/mol. The Kier molecular flexibility index (Phi) is 5.46. The molecular formula is C19H17BrN2O5. The Morgan fingerprint density at radius 1 is 1.26 bits per heavy atom. The quantitative estimate of drug-likeness (QED) is 0.329. The van der Waals surface area contributed by atoms with Crippen LogP contribution in [0.3, 0.4) is 0 Å². The van der Waals surface area contributed by atoms with Gasteiger partial charge in [0.25, 0.3) is 0 Å². The number of esters is 1. The standard InChI is InChI=1S/C19H17BrN2O5/c1-11-8-15(13(3)22(11)18-9-12(2)27-21-18)16(23)10-25-19(24)7-5-14-4-6-17(20)26-14/h4-9H,10H2,1-3H3/b7-5+. The lowest BCUT2D eigenvalue weighted by atomic mass is 10.1. The highest BCUT2D eigenvalue weighted by Crippen LogP contribution is 2.21. The van der Waals surface area contributed by atoms with Crippen LogP contribution in [0.2, 0.25) is 0 Å². The number of halogens is 1. The Bertz CT molecular complexity index is 1020. The molecule has 0 atom stereocenters. The summed E-state index contributed by atoms with van der Waals surface area (Å²) < 4.78 is 17.7. The Labute approximate surface area is 163 Å². The van der Waals surface area contributed by atoms with Gasteiger partial charge in [-0.25, -0.2) is 4.79 Å². The molecule has 0 saturated carbocycles. The zero-order valence-corrected chi connectivity index (χ0v) is 16.6. The number of carbonyl (C=O) groups excluding carboxylic acids is 2. The SMILES string of the molecule is Cc1cc(-n2c(C)cc(C(=O)COC(=O)/C=C/c3ccc(Br)o3)c2C)no1. The van der Waals surface area contributed by atoms with Crippen molar-refractivity contribution >= 4 is 33.8 Å². The second-order valence-electron chi connectivity index (χ2n) is 5.92. The number of hydrogen-bond acceptors (Lipinski definition) is 6. The highest BCUT2D eigenvalue weighted by molar-refractivity contribution is 9.10. The molecule has 27 heavy (non-hydrogen) atoms. The van der Waals surface area contributed by atoms with E-state index in [1.54, 1.807) is 38.1 Å². The molecule has 3 heterocycles. The molecule has 0 spiro atoms. The van der Waals surface area contributed by atoms with Gasteiger partial charge >= 0.3 is 5.97 Å². The van der Waals surface area contributed by atoms with Gasteiger partial charge in [-0.2, -0.15) is 0 Å². The van der Waals surface area contributed by atoms with E-state index >= 15 is 0 Å². The zero-order valence-electron chi connectivity index (χ0n) is 15.0. The summed E-state index contributed by atoms with van der Waals surface area (Å²) in [6.07, 6.45) is 2.68. The molecular weight excluding hydrogens is 416 g/mol. The number of hydrogen-bond donors (Lipinski definition) is 0. The van der Waals surface area contributed by atoms with Gasteiger partial charge in [0.2, 0.25) is 5.78 Å². The van der Waals surface area contributed by atoms with E-state index in [0.717, 1.165) is 5.69 Å². The topological polar surface area (TPSA) is 87.5 Å². The minimum Gasteiger partial charge on any atom is -0.454 e. The third kappa shape index (κ3) is 4.28. The molecule has 7 nitrogen and oxygen atoms in total. The zero-order chi connectivity index (χ0) is 19.6. The Morgan fingerprint density at radius 3 is 2.67 bits per heavy atom. The molecule has 3 rings (SSSR count). The number of furan rings is 1. The molecule has 0 fully saturated rings. The summed E-state index contributed by atoms with van der Waals surface area (Å²) >= 11 is 3.17. The molecule has 8 heteroatoms. The Balaban J connectivity index is 1.66. The molecule has 0 aliphatic carbocycles. The number of ether oxygens (including phenoxy) is 1. The van der Waals surface area contributed by atoms with Crippen LogP contribution in [0, 0.1) is 20.8 Å². The molecule has 0 aromatic carbocycles. The van der Waals surface area contributed by atoms with Crippen LogP contribution < -0.4 is 0 Å². The van der Waals surface area contributed by atoms with Crippen LogP contribution in [0.25, 0.3) is 11.9 Å². The van der Waals surface area contributed by atoms with Crippen LogP contribution in [-0.2, 0) is 9.53 Å². The van der Waals surface area contributed by atoms with Gasteiger partial charge in [0.05, 0.1) is 0 Å². The summed E-state index contributed by atoms with van der Waals surface area (Å²) in [7, 11) is 0. The van der Waals surface area contributed by atoms with E-state index in [0.29, 0.717) is 33.3 Å². The van der Waals surface area contributed by atoms with Crippen LogP contribution in [0.5, 0.6) is 0 Å². The molecule has 0 saturated heterocycles. The maximum atomic E-state index is 12.5. The molecule has 0 N–H and O–H groups in total. The predicted molar refractivity (Wildman–Crippen MR) is 101 cm³/mol. The van der Waals surface area contributed by atoms with Crippen molar-refractivity contribution in [2.24, 2.45) is 0 Å². The van der Waals surface area contributed by atoms with Crippen LogP contribution in [-0.4, -0.2) is 28.1 Å².